The van der Waals surface area contributed by atoms with E-state index in [4.69, 9.17) is 14.5 Å². The van der Waals surface area contributed by atoms with E-state index in [1.165, 1.54) is 23.5 Å². The first-order valence-electron chi connectivity index (χ1n) is 9.50. The van der Waals surface area contributed by atoms with Gasteiger partial charge in [-0.1, -0.05) is 30.3 Å². The molecule has 0 saturated carbocycles. The summed E-state index contributed by atoms with van der Waals surface area (Å²) in [5, 5.41) is 9.06. The van der Waals surface area contributed by atoms with Gasteiger partial charge in [-0.3, -0.25) is 0 Å². The highest BCUT2D eigenvalue weighted by Gasteiger charge is 2.15. The van der Waals surface area contributed by atoms with Crippen molar-refractivity contribution in [2.45, 2.75) is 0 Å². The molecule has 1 aromatic heterocycles. The molecule has 0 saturated heterocycles. The quantitative estimate of drug-likeness (QED) is 0.259. The standard InChI is InChI=1S/C24H20FN3O2S/c1-29-22-13-10-18(14-23(22)30-2)21-16-31-24(27-21)28(20-6-4-3-5-7-20)26-15-17-8-11-19(25)12-9-17/h3-16H,1-2H3/b26-15-. The predicted molar refractivity (Wildman–Crippen MR) is 123 cm³/mol. The molecule has 0 radical (unpaired) electrons. The molecule has 0 fully saturated rings. The molecule has 0 bridgehead atoms. The number of benzene rings is 3. The topological polar surface area (TPSA) is 47.0 Å². The summed E-state index contributed by atoms with van der Waals surface area (Å²) in [7, 11) is 3.21. The Morgan fingerprint density at radius 1 is 0.935 bits per heavy atom. The van der Waals surface area contributed by atoms with E-state index in [9.17, 15) is 4.39 Å². The van der Waals surface area contributed by atoms with E-state index in [0.717, 1.165) is 22.5 Å². The van der Waals surface area contributed by atoms with Crippen LogP contribution in [0.3, 0.4) is 0 Å². The van der Waals surface area contributed by atoms with Crippen molar-refractivity contribution >= 4 is 28.4 Å². The maximum Gasteiger partial charge on any atom is 0.211 e. The van der Waals surface area contributed by atoms with Crippen molar-refractivity contribution in [3.8, 4) is 22.8 Å². The Hall–Kier alpha value is -3.71. The molecule has 7 heteroatoms. The van der Waals surface area contributed by atoms with Gasteiger partial charge in [0.25, 0.3) is 0 Å². The molecule has 0 atom stereocenters. The van der Waals surface area contributed by atoms with E-state index in [1.54, 1.807) is 37.6 Å². The number of halogens is 1. The highest BCUT2D eigenvalue weighted by atomic mass is 32.1. The van der Waals surface area contributed by atoms with Crippen LogP contribution in [0.2, 0.25) is 0 Å². The third kappa shape index (κ3) is 4.73. The lowest BCUT2D eigenvalue weighted by molar-refractivity contribution is 0.355. The summed E-state index contributed by atoms with van der Waals surface area (Å²) in [6, 6.07) is 21.6. The van der Waals surface area contributed by atoms with Crippen LogP contribution in [-0.4, -0.2) is 25.4 Å². The second-order valence-electron chi connectivity index (χ2n) is 6.53. The molecule has 0 unspecified atom stereocenters. The van der Waals surface area contributed by atoms with E-state index in [-0.39, 0.29) is 5.82 Å². The summed E-state index contributed by atoms with van der Waals surface area (Å²) in [6.07, 6.45) is 1.68. The second-order valence-corrected chi connectivity index (χ2v) is 7.37. The highest BCUT2D eigenvalue weighted by Crippen LogP contribution is 2.36. The minimum atomic E-state index is -0.281. The number of hydrogen-bond donors (Lipinski definition) is 0. The number of thiazole rings is 1. The van der Waals surface area contributed by atoms with Gasteiger partial charge in [-0.15, -0.1) is 11.3 Å². The lowest BCUT2D eigenvalue weighted by atomic mass is 10.1. The molecule has 0 spiro atoms. The molecule has 0 N–H and O–H groups in total. The van der Waals surface area contributed by atoms with Gasteiger partial charge in [-0.25, -0.2) is 14.4 Å². The molecule has 156 valence electrons. The molecule has 31 heavy (non-hydrogen) atoms. The van der Waals surface area contributed by atoms with Crippen LogP contribution in [0.4, 0.5) is 15.2 Å². The fraction of sp³-hybridized carbons (Fsp3) is 0.0833. The molecule has 0 aliphatic rings. The number of aromatic nitrogens is 1. The SMILES string of the molecule is COc1ccc(-c2csc(N(/N=C\c3ccc(F)cc3)c3ccccc3)n2)cc1OC. The summed E-state index contributed by atoms with van der Waals surface area (Å²) in [5.74, 6) is 1.02. The number of nitrogens with zero attached hydrogens (tertiary/aromatic N) is 3. The zero-order valence-electron chi connectivity index (χ0n) is 17.0. The first kappa shape index (κ1) is 20.6. The first-order valence-corrected chi connectivity index (χ1v) is 10.4. The van der Waals surface area contributed by atoms with Gasteiger partial charge in [0, 0.05) is 10.9 Å². The number of hydrazone groups is 1. The third-order valence-corrected chi connectivity index (χ3v) is 5.36. The van der Waals surface area contributed by atoms with Crippen molar-refractivity contribution in [1.82, 2.24) is 4.98 Å². The van der Waals surface area contributed by atoms with Crippen LogP contribution in [0.25, 0.3) is 11.3 Å². The van der Waals surface area contributed by atoms with Crippen LogP contribution >= 0.6 is 11.3 Å². The lowest BCUT2D eigenvalue weighted by Crippen LogP contribution is -2.09. The van der Waals surface area contributed by atoms with E-state index in [0.29, 0.717) is 16.6 Å². The van der Waals surface area contributed by atoms with Gasteiger partial charge in [-0.05, 0) is 48.0 Å². The van der Waals surface area contributed by atoms with Gasteiger partial charge in [0.2, 0.25) is 5.13 Å². The number of ether oxygens (including phenoxy) is 2. The fourth-order valence-corrected chi connectivity index (χ4v) is 3.77. The normalized spacial score (nSPS) is 10.9. The van der Waals surface area contributed by atoms with Gasteiger partial charge >= 0.3 is 0 Å². The summed E-state index contributed by atoms with van der Waals surface area (Å²) in [4.78, 5) is 4.79. The molecular formula is C24H20FN3O2S. The average Bonchev–Trinajstić information content (AvgIpc) is 3.30. The van der Waals surface area contributed by atoms with E-state index < -0.39 is 0 Å². The Balaban J connectivity index is 1.68. The maximum atomic E-state index is 13.2. The largest absolute Gasteiger partial charge is 0.493 e. The van der Waals surface area contributed by atoms with E-state index in [2.05, 4.69) is 5.10 Å². The van der Waals surface area contributed by atoms with E-state index in [1.807, 2.05) is 53.9 Å². The average molecular weight is 434 g/mol. The zero-order chi connectivity index (χ0) is 21.6. The molecule has 0 aliphatic carbocycles. The molecule has 0 amide bonds. The fourth-order valence-electron chi connectivity index (χ4n) is 2.96. The van der Waals surface area contributed by atoms with Crippen LogP contribution < -0.4 is 14.5 Å². The monoisotopic (exact) mass is 433 g/mol. The van der Waals surface area contributed by atoms with Crippen LogP contribution in [-0.2, 0) is 0 Å². The molecule has 4 aromatic rings. The van der Waals surface area contributed by atoms with Crippen LogP contribution in [0.15, 0.2) is 83.3 Å². The summed E-state index contributed by atoms with van der Waals surface area (Å²) >= 11 is 1.48. The molecule has 1 heterocycles. The molecule has 5 nitrogen and oxygen atoms in total. The lowest BCUT2D eigenvalue weighted by Gasteiger charge is -2.15. The van der Waals surface area contributed by atoms with Crippen molar-refractivity contribution in [3.63, 3.8) is 0 Å². The Morgan fingerprint density at radius 3 is 2.39 bits per heavy atom. The number of methoxy groups -OCH3 is 2. The number of hydrogen-bond acceptors (Lipinski definition) is 6. The van der Waals surface area contributed by atoms with Crippen molar-refractivity contribution in [2.24, 2.45) is 5.10 Å². The van der Waals surface area contributed by atoms with Gasteiger partial charge in [-0.2, -0.15) is 5.10 Å². The Labute approximate surface area is 184 Å². The van der Waals surface area contributed by atoms with Gasteiger partial charge in [0.15, 0.2) is 11.5 Å². The molecule has 0 aliphatic heterocycles. The third-order valence-electron chi connectivity index (χ3n) is 4.55. The maximum absolute atomic E-state index is 13.2. The highest BCUT2D eigenvalue weighted by molar-refractivity contribution is 7.14. The number of anilines is 2. The minimum Gasteiger partial charge on any atom is -0.493 e. The second kappa shape index (κ2) is 9.40. The molecule has 4 rings (SSSR count). The summed E-state index contributed by atoms with van der Waals surface area (Å²) < 4.78 is 23.9. The first-order chi connectivity index (χ1) is 15.2. The molecule has 3 aromatic carbocycles. The minimum absolute atomic E-state index is 0.281. The summed E-state index contributed by atoms with van der Waals surface area (Å²) in [6.45, 7) is 0. The van der Waals surface area contributed by atoms with Gasteiger partial charge in [0.05, 0.1) is 31.8 Å². The van der Waals surface area contributed by atoms with Crippen LogP contribution in [0.5, 0.6) is 11.5 Å². The van der Waals surface area contributed by atoms with Crippen molar-refractivity contribution < 1.29 is 13.9 Å². The smallest absolute Gasteiger partial charge is 0.211 e. The van der Waals surface area contributed by atoms with Crippen molar-refractivity contribution in [1.29, 1.82) is 0 Å². The van der Waals surface area contributed by atoms with Crippen LogP contribution in [0, 0.1) is 5.82 Å². The number of rotatable bonds is 7. The van der Waals surface area contributed by atoms with Gasteiger partial charge in [0.1, 0.15) is 5.82 Å². The van der Waals surface area contributed by atoms with Crippen molar-refractivity contribution in [2.75, 3.05) is 19.2 Å². The Bertz CT molecular complexity index is 1180. The Morgan fingerprint density at radius 2 is 1.68 bits per heavy atom. The van der Waals surface area contributed by atoms with Crippen molar-refractivity contribution in [3.05, 3.63) is 89.6 Å². The van der Waals surface area contributed by atoms with Gasteiger partial charge < -0.3 is 9.47 Å². The van der Waals surface area contributed by atoms with Crippen LogP contribution in [0.1, 0.15) is 5.56 Å². The number of para-hydroxylation sites is 1. The summed E-state index contributed by atoms with van der Waals surface area (Å²) in [5.41, 5.74) is 3.38. The Kier molecular flexibility index (Phi) is 6.24. The zero-order valence-corrected chi connectivity index (χ0v) is 17.8. The molecular weight excluding hydrogens is 413 g/mol. The predicted octanol–water partition coefficient (Wildman–Crippen LogP) is 6.14. The van der Waals surface area contributed by atoms with E-state index >= 15 is 0 Å².